The van der Waals surface area contributed by atoms with Gasteiger partial charge in [-0.3, -0.25) is 4.79 Å². The average Bonchev–Trinajstić information content (AvgIpc) is 3.00. The van der Waals surface area contributed by atoms with Gasteiger partial charge in [0, 0.05) is 27.2 Å². The van der Waals surface area contributed by atoms with Crippen LogP contribution in [0.3, 0.4) is 0 Å². The predicted molar refractivity (Wildman–Crippen MR) is 89.2 cm³/mol. The van der Waals surface area contributed by atoms with Gasteiger partial charge in [-0.05, 0) is 43.7 Å². The van der Waals surface area contributed by atoms with Gasteiger partial charge in [0.15, 0.2) is 0 Å². The number of benzene rings is 1. The highest BCUT2D eigenvalue weighted by atomic mass is 19.1. The minimum Gasteiger partial charge on any atom is -0.381 e. The van der Waals surface area contributed by atoms with Crippen molar-refractivity contribution in [2.75, 3.05) is 20.8 Å². The van der Waals surface area contributed by atoms with Crippen LogP contribution in [-0.2, 0) is 20.7 Å². The third-order valence-electron chi connectivity index (χ3n) is 5.76. The molecule has 0 aromatic heterocycles. The van der Waals surface area contributed by atoms with Gasteiger partial charge in [0.2, 0.25) is 5.91 Å². The Kier molecular flexibility index (Phi) is 5.21. The van der Waals surface area contributed by atoms with Crippen molar-refractivity contribution < 1.29 is 18.7 Å². The number of ether oxygens (including phenoxy) is 2. The SMILES string of the molecule is CO[C@@H]1CC[C@]2(OC)CCN(C(=O)CCc3ccccc3F)[C@@H]2C1. The van der Waals surface area contributed by atoms with Crippen LogP contribution < -0.4 is 0 Å². The van der Waals surface area contributed by atoms with E-state index in [1.54, 1.807) is 32.4 Å². The number of fused-ring (bicyclic) bond motifs is 1. The molecule has 1 saturated heterocycles. The lowest BCUT2D eigenvalue weighted by atomic mass is 9.79. The van der Waals surface area contributed by atoms with E-state index in [0.29, 0.717) is 24.9 Å². The van der Waals surface area contributed by atoms with Crippen LogP contribution in [0.2, 0.25) is 0 Å². The van der Waals surface area contributed by atoms with E-state index in [9.17, 15) is 9.18 Å². The van der Waals surface area contributed by atoms with Crippen LogP contribution in [0.5, 0.6) is 0 Å². The lowest BCUT2D eigenvalue weighted by Gasteiger charge is -2.43. The molecule has 1 amide bonds. The molecule has 0 radical (unpaired) electrons. The van der Waals surface area contributed by atoms with Gasteiger partial charge < -0.3 is 14.4 Å². The average molecular weight is 335 g/mol. The summed E-state index contributed by atoms with van der Waals surface area (Å²) in [6, 6.07) is 6.72. The lowest BCUT2D eigenvalue weighted by Crippen LogP contribution is -2.53. The van der Waals surface area contributed by atoms with Crippen molar-refractivity contribution in [3.8, 4) is 0 Å². The van der Waals surface area contributed by atoms with Crippen molar-refractivity contribution in [3.63, 3.8) is 0 Å². The summed E-state index contributed by atoms with van der Waals surface area (Å²) in [5.41, 5.74) is 0.365. The van der Waals surface area contributed by atoms with Gasteiger partial charge >= 0.3 is 0 Å². The maximum Gasteiger partial charge on any atom is 0.223 e. The first-order valence-corrected chi connectivity index (χ1v) is 8.70. The second kappa shape index (κ2) is 7.19. The van der Waals surface area contributed by atoms with Crippen LogP contribution in [0.1, 0.15) is 37.7 Å². The van der Waals surface area contributed by atoms with Crippen LogP contribution in [0.25, 0.3) is 0 Å². The van der Waals surface area contributed by atoms with Gasteiger partial charge in [0.25, 0.3) is 0 Å². The van der Waals surface area contributed by atoms with E-state index in [0.717, 1.165) is 25.7 Å². The maximum atomic E-state index is 13.7. The molecule has 0 spiro atoms. The highest BCUT2D eigenvalue weighted by Gasteiger charge is 2.52. The second-order valence-electron chi connectivity index (χ2n) is 6.85. The number of amides is 1. The first-order valence-electron chi connectivity index (χ1n) is 8.70. The largest absolute Gasteiger partial charge is 0.381 e. The number of likely N-dealkylation sites (tertiary alicyclic amines) is 1. The van der Waals surface area contributed by atoms with E-state index < -0.39 is 0 Å². The van der Waals surface area contributed by atoms with Crippen molar-refractivity contribution in [1.29, 1.82) is 0 Å². The summed E-state index contributed by atoms with van der Waals surface area (Å²) in [4.78, 5) is 14.7. The fourth-order valence-electron chi connectivity index (χ4n) is 4.26. The topological polar surface area (TPSA) is 38.8 Å². The van der Waals surface area contributed by atoms with E-state index >= 15 is 0 Å². The first kappa shape index (κ1) is 17.4. The molecular formula is C19H26FNO3. The maximum absolute atomic E-state index is 13.7. The Balaban J connectivity index is 1.67. The molecule has 0 unspecified atom stereocenters. The molecule has 1 aromatic carbocycles. The zero-order chi connectivity index (χ0) is 17.2. The van der Waals surface area contributed by atoms with Crippen LogP contribution >= 0.6 is 0 Å². The molecular weight excluding hydrogens is 309 g/mol. The number of carbonyl (C=O) groups excluding carboxylic acids is 1. The molecule has 24 heavy (non-hydrogen) atoms. The Labute approximate surface area is 142 Å². The quantitative estimate of drug-likeness (QED) is 0.830. The second-order valence-corrected chi connectivity index (χ2v) is 6.85. The highest BCUT2D eigenvalue weighted by molar-refractivity contribution is 5.77. The fourth-order valence-corrected chi connectivity index (χ4v) is 4.26. The molecule has 2 fully saturated rings. The Bertz CT molecular complexity index is 594. The van der Waals surface area contributed by atoms with Crippen LogP contribution in [0, 0.1) is 5.82 Å². The van der Waals surface area contributed by atoms with Crippen LogP contribution in [-0.4, -0.2) is 49.3 Å². The Morgan fingerprint density at radius 3 is 2.83 bits per heavy atom. The van der Waals surface area contributed by atoms with Crippen molar-refractivity contribution >= 4 is 5.91 Å². The third kappa shape index (κ3) is 3.20. The standard InChI is InChI=1S/C19H26FNO3/c1-23-15-9-10-19(24-2)11-12-21(17(19)13-15)18(22)8-7-14-5-3-4-6-16(14)20/h3-6,15,17H,7-13H2,1-2H3/t15-,17-,19+/m1/s1. The monoisotopic (exact) mass is 335 g/mol. The van der Waals surface area contributed by atoms with Gasteiger partial charge in [-0.25, -0.2) is 4.39 Å². The van der Waals surface area contributed by atoms with Gasteiger partial charge in [-0.2, -0.15) is 0 Å². The minimum absolute atomic E-state index is 0.0642. The molecule has 132 valence electrons. The summed E-state index contributed by atoms with van der Waals surface area (Å²) in [6.45, 7) is 0.713. The Morgan fingerprint density at radius 1 is 1.33 bits per heavy atom. The van der Waals surface area contributed by atoms with Crippen molar-refractivity contribution in [3.05, 3.63) is 35.6 Å². The highest BCUT2D eigenvalue weighted by Crippen LogP contribution is 2.43. The summed E-state index contributed by atoms with van der Waals surface area (Å²) in [6.07, 6.45) is 4.52. The summed E-state index contributed by atoms with van der Waals surface area (Å²) in [5, 5.41) is 0. The summed E-state index contributed by atoms with van der Waals surface area (Å²) in [5.74, 6) is -0.158. The molecule has 1 aliphatic heterocycles. The molecule has 2 aliphatic rings. The van der Waals surface area contributed by atoms with E-state index in [-0.39, 0.29) is 29.5 Å². The number of nitrogens with zero attached hydrogens (tertiary/aromatic N) is 1. The molecule has 4 nitrogen and oxygen atoms in total. The van der Waals surface area contributed by atoms with E-state index in [2.05, 4.69) is 0 Å². The molecule has 1 aromatic rings. The van der Waals surface area contributed by atoms with Gasteiger partial charge in [0.05, 0.1) is 17.7 Å². The smallest absolute Gasteiger partial charge is 0.223 e. The van der Waals surface area contributed by atoms with Crippen LogP contribution in [0.15, 0.2) is 24.3 Å². The van der Waals surface area contributed by atoms with Gasteiger partial charge in [-0.15, -0.1) is 0 Å². The van der Waals surface area contributed by atoms with Crippen molar-refractivity contribution in [2.45, 2.75) is 56.3 Å². The number of hydrogen-bond donors (Lipinski definition) is 0. The zero-order valence-electron chi connectivity index (χ0n) is 14.5. The van der Waals surface area contributed by atoms with E-state index in [4.69, 9.17) is 9.47 Å². The molecule has 3 rings (SSSR count). The van der Waals surface area contributed by atoms with Gasteiger partial charge in [-0.1, -0.05) is 18.2 Å². The van der Waals surface area contributed by atoms with Crippen molar-refractivity contribution in [2.24, 2.45) is 0 Å². The minimum atomic E-state index is -0.241. The number of aryl methyl sites for hydroxylation is 1. The van der Waals surface area contributed by atoms with Gasteiger partial charge in [0.1, 0.15) is 5.82 Å². The van der Waals surface area contributed by atoms with E-state index in [1.165, 1.54) is 6.07 Å². The fraction of sp³-hybridized carbons (Fsp3) is 0.632. The number of carbonyl (C=O) groups is 1. The Morgan fingerprint density at radius 2 is 2.12 bits per heavy atom. The summed E-state index contributed by atoms with van der Waals surface area (Å²) in [7, 11) is 3.47. The summed E-state index contributed by atoms with van der Waals surface area (Å²) < 4.78 is 25.1. The lowest BCUT2D eigenvalue weighted by molar-refractivity contribution is -0.140. The molecule has 3 atom stereocenters. The van der Waals surface area contributed by atoms with Crippen molar-refractivity contribution in [1.82, 2.24) is 4.90 Å². The first-order chi connectivity index (χ1) is 11.6. The molecule has 0 N–H and O–H groups in total. The normalized spacial score (nSPS) is 29.5. The number of methoxy groups -OCH3 is 2. The predicted octanol–water partition coefficient (Wildman–Crippen LogP) is 2.94. The summed E-state index contributed by atoms with van der Waals surface area (Å²) >= 11 is 0. The van der Waals surface area contributed by atoms with E-state index in [1.807, 2.05) is 4.90 Å². The Hall–Kier alpha value is -1.46. The third-order valence-corrected chi connectivity index (χ3v) is 5.76. The zero-order valence-corrected chi connectivity index (χ0v) is 14.5. The number of rotatable bonds is 5. The molecule has 1 saturated carbocycles. The molecule has 1 aliphatic carbocycles. The number of hydrogen-bond acceptors (Lipinski definition) is 3. The van der Waals surface area contributed by atoms with Crippen LogP contribution in [0.4, 0.5) is 4.39 Å². The molecule has 5 heteroatoms. The molecule has 0 bridgehead atoms. The molecule has 1 heterocycles. The number of halogens is 1.